The molecular formula is C11H11ClN4O2S. The molecule has 1 amide bonds. The molecule has 0 saturated carbocycles. The Morgan fingerprint density at radius 1 is 1.47 bits per heavy atom. The molecule has 0 fully saturated rings. The fraction of sp³-hybridized carbons (Fsp3) is 0.273. The maximum absolute atomic E-state index is 12.0. The molecule has 2 aromatic rings. The summed E-state index contributed by atoms with van der Waals surface area (Å²) in [5.74, 6) is -0.146. The van der Waals surface area contributed by atoms with Gasteiger partial charge in [-0.3, -0.25) is 10.1 Å². The fourth-order valence-electron chi connectivity index (χ4n) is 1.26. The lowest BCUT2D eigenvalue weighted by Crippen LogP contribution is -2.15. The van der Waals surface area contributed by atoms with E-state index in [1.165, 1.54) is 17.4 Å². The zero-order chi connectivity index (χ0) is 13.8. The molecule has 0 spiro atoms. The lowest BCUT2D eigenvalue weighted by molar-refractivity contribution is 0.102. The molecule has 0 aliphatic heterocycles. The second-order valence-electron chi connectivity index (χ2n) is 3.82. The molecule has 100 valence electrons. The largest absolute Gasteiger partial charge is 0.475 e. The van der Waals surface area contributed by atoms with Gasteiger partial charge in [-0.1, -0.05) is 0 Å². The molecule has 0 saturated heterocycles. The second kappa shape index (κ2) is 5.94. The summed E-state index contributed by atoms with van der Waals surface area (Å²) < 4.78 is 5.39. The molecule has 1 N–H and O–H groups in total. The van der Waals surface area contributed by atoms with Gasteiger partial charge >= 0.3 is 0 Å². The van der Waals surface area contributed by atoms with E-state index in [1.807, 2.05) is 13.8 Å². The standard InChI is InChI=1S/C11H11ClN4O2S/c1-6(2)18-8-5-7(14-10(12)15-8)9(17)16-11-13-3-4-19-11/h3-6H,1-2H3,(H,13,16,17). The summed E-state index contributed by atoms with van der Waals surface area (Å²) in [4.78, 5) is 23.7. The second-order valence-corrected chi connectivity index (χ2v) is 5.05. The number of thiazole rings is 1. The maximum atomic E-state index is 12.0. The van der Waals surface area contributed by atoms with Crippen LogP contribution in [0.25, 0.3) is 0 Å². The highest BCUT2D eigenvalue weighted by atomic mass is 35.5. The van der Waals surface area contributed by atoms with Gasteiger partial charge in [-0.2, -0.15) is 4.98 Å². The zero-order valence-electron chi connectivity index (χ0n) is 10.3. The van der Waals surface area contributed by atoms with Crippen LogP contribution in [0.3, 0.4) is 0 Å². The minimum Gasteiger partial charge on any atom is -0.475 e. The van der Waals surface area contributed by atoms with Gasteiger partial charge in [-0.05, 0) is 25.4 Å². The minimum absolute atomic E-state index is 0.0394. The zero-order valence-corrected chi connectivity index (χ0v) is 11.8. The molecule has 0 atom stereocenters. The predicted molar refractivity (Wildman–Crippen MR) is 72.9 cm³/mol. The molecule has 0 aliphatic carbocycles. The van der Waals surface area contributed by atoms with Crippen molar-refractivity contribution < 1.29 is 9.53 Å². The van der Waals surface area contributed by atoms with Crippen LogP contribution in [0, 0.1) is 0 Å². The summed E-state index contributed by atoms with van der Waals surface area (Å²) >= 11 is 7.08. The molecule has 19 heavy (non-hydrogen) atoms. The number of carbonyl (C=O) groups is 1. The van der Waals surface area contributed by atoms with Crippen LogP contribution in [-0.2, 0) is 0 Å². The third-order valence-corrected chi connectivity index (χ3v) is 2.77. The third kappa shape index (κ3) is 3.87. The Hall–Kier alpha value is -1.73. The number of rotatable bonds is 4. The SMILES string of the molecule is CC(C)Oc1cc(C(=O)Nc2nccs2)nc(Cl)n1. The van der Waals surface area contributed by atoms with Crippen molar-refractivity contribution >= 4 is 34.0 Å². The van der Waals surface area contributed by atoms with Crippen molar-refractivity contribution in [3.8, 4) is 5.88 Å². The van der Waals surface area contributed by atoms with E-state index in [0.29, 0.717) is 5.13 Å². The van der Waals surface area contributed by atoms with Crippen LogP contribution in [-0.4, -0.2) is 27.0 Å². The lowest BCUT2D eigenvalue weighted by Gasteiger charge is -2.09. The van der Waals surface area contributed by atoms with Gasteiger partial charge in [0.05, 0.1) is 6.10 Å². The first kappa shape index (κ1) is 13.7. The topological polar surface area (TPSA) is 77.0 Å². The average Bonchev–Trinajstić information content (AvgIpc) is 2.80. The molecule has 6 nitrogen and oxygen atoms in total. The van der Waals surface area contributed by atoms with Crippen molar-refractivity contribution in [2.75, 3.05) is 5.32 Å². The van der Waals surface area contributed by atoms with Crippen LogP contribution >= 0.6 is 22.9 Å². The summed E-state index contributed by atoms with van der Waals surface area (Å²) in [7, 11) is 0. The van der Waals surface area contributed by atoms with E-state index in [9.17, 15) is 4.79 Å². The molecule has 2 heterocycles. The number of hydrogen-bond acceptors (Lipinski definition) is 6. The Labute approximate surface area is 118 Å². The molecule has 0 aromatic carbocycles. The smallest absolute Gasteiger partial charge is 0.276 e. The molecule has 8 heteroatoms. The number of ether oxygens (including phenoxy) is 1. The molecule has 0 bridgehead atoms. The molecule has 0 aliphatic rings. The summed E-state index contributed by atoms with van der Waals surface area (Å²) in [6.45, 7) is 3.71. The van der Waals surface area contributed by atoms with Crippen LogP contribution in [0.1, 0.15) is 24.3 Å². The molecule has 0 radical (unpaired) electrons. The van der Waals surface area contributed by atoms with Gasteiger partial charge in [0, 0.05) is 17.6 Å². The van der Waals surface area contributed by atoms with Crippen molar-refractivity contribution in [1.29, 1.82) is 0 Å². The van der Waals surface area contributed by atoms with Gasteiger partial charge in [0.1, 0.15) is 5.69 Å². The van der Waals surface area contributed by atoms with Crippen molar-refractivity contribution in [2.24, 2.45) is 0 Å². The number of amides is 1. The maximum Gasteiger partial charge on any atom is 0.276 e. The van der Waals surface area contributed by atoms with E-state index in [4.69, 9.17) is 16.3 Å². The first-order chi connectivity index (χ1) is 9.04. The average molecular weight is 299 g/mol. The number of aromatic nitrogens is 3. The monoisotopic (exact) mass is 298 g/mol. The molecular weight excluding hydrogens is 288 g/mol. The van der Waals surface area contributed by atoms with Gasteiger partial charge in [-0.25, -0.2) is 9.97 Å². The third-order valence-electron chi connectivity index (χ3n) is 1.92. The number of halogens is 1. The minimum atomic E-state index is -0.409. The normalized spacial score (nSPS) is 10.5. The van der Waals surface area contributed by atoms with Crippen molar-refractivity contribution in [1.82, 2.24) is 15.0 Å². The van der Waals surface area contributed by atoms with E-state index in [-0.39, 0.29) is 23.0 Å². The molecule has 2 rings (SSSR count). The summed E-state index contributed by atoms with van der Waals surface area (Å²) in [6.07, 6.45) is 1.53. The van der Waals surface area contributed by atoms with Crippen LogP contribution < -0.4 is 10.1 Å². The predicted octanol–water partition coefficient (Wildman–Crippen LogP) is 2.63. The highest BCUT2D eigenvalue weighted by Gasteiger charge is 2.13. The quantitative estimate of drug-likeness (QED) is 0.878. The first-order valence-electron chi connectivity index (χ1n) is 5.46. The van der Waals surface area contributed by atoms with Gasteiger partial charge in [-0.15, -0.1) is 11.3 Å². The molecule has 2 aromatic heterocycles. The van der Waals surface area contributed by atoms with Crippen molar-refractivity contribution in [2.45, 2.75) is 20.0 Å². The summed E-state index contributed by atoms with van der Waals surface area (Å²) in [6, 6.07) is 1.44. The Kier molecular flexibility index (Phi) is 4.28. The molecule has 0 unspecified atom stereocenters. The van der Waals surface area contributed by atoms with Gasteiger partial charge in [0.15, 0.2) is 5.13 Å². The summed E-state index contributed by atoms with van der Waals surface area (Å²) in [5, 5.41) is 4.82. The highest BCUT2D eigenvalue weighted by Crippen LogP contribution is 2.16. The van der Waals surface area contributed by atoms with Gasteiger partial charge < -0.3 is 4.74 Å². The van der Waals surface area contributed by atoms with Crippen LogP contribution in [0.5, 0.6) is 5.88 Å². The first-order valence-corrected chi connectivity index (χ1v) is 6.72. The Balaban J connectivity index is 2.19. The number of nitrogens with zero attached hydrogens (tertiary/aromatic N) is 3. The Morgan fingerprint density at radius 2 is 2.26 bits per heavy atom. The highest BCUT2D eigenvalue weighted by molar-refractivity contribution is 7.13. The number of anilines is 1. The van der Waals surface area contributed by atoms with Gasteiger partial charge in [0.2, 0.25) is 11.2 Å². The van der Waals surface area contributed by atoms with E-state index >= 15 is 0 Å². The van der Waals surface area contributed by atoms with Crippen molar-refractivity contribution in [3.05, 3.63) is 28.6 Å². The number of nitrogens with one attached hydrogen (secondary N) is 1. The van der Waals surface area contributed by atoms with E-state index in [1.54, 1.807) is 11.6 Å². The summed E-state index contributed by atoms with van der Waals surface area (Å²) in [5.41, 5.74) is 0.130. The van der Waals surface area contributed by atoms with Crippen LogP contribution in [0.15, 0.2) is 17.6 Å². The van der Waals surface area contributed by atoms with E-state index in [0.717, 1.165) is 0 Å². The Bertz CT molecular complexity index is 574. The van der Waals surface area contributed by atoms with Gasteiger partial charge in [0.25, 0.3) is 5.91 Å². The van der Waals surface area contributed by atoms with Crippen molar-refractivity contribution in [3.63, 3.8) is 0 Å². The number of hydrogen-bond donors (Lipinski definition) is 1. The fourth-order valence-corrected chi connectivity index (χ4v) is 1.96. The van der Waals surface area contributed by atoms with Crippen LogP contribution in [0.2, 0.25) is 5.28 Å². The number of carbonyl (C=O) groups excluding carboxylic acids is 1. The van der Waals surface area contributed by atoms with E-state index in [2.05, 4.69) is 20.3 Å². The van der Waals surface area contributed by atoms with E-state index < -0.39 is 5.91 Å². The lowest BCUT2D eigenvalue weighted by atomic mass is 10.4. The van der Waals surface area contributed by atoms with Crippen LogP contribution in [0.4, 0.5) is 5.13 Å². The Morgan fingerprint density at radius 3 is 2.89 bits per heavy atom.